The topological polar surface area (TPSA) is 94.6 Å². The lowest BCUT2D eigenvalue weighted by molar-refractivity contribution is -0.220. The molecule has 2 fully saturated rings. The first-order valence-corrected chi connectivity index (χ1v) is 19.5. The molecule has 1 amide bonds. The van der Waals surface area contributed by atoms with Gasteiger partial charge in [-0.1, -0.05) is 37.7 Å². The Hall–Kier alpha value is -3.09. The van der Waals surface area contributed by atoms with E-state index in [1.165, 1.54) is 16.3 Å². The molecule has 2 saturated heterocycles. The van der Waals surface area contributed by atoms with Crippen molar-refractivity contribution in [3.63, 3.8) is 0 Å². The quantitative estimate of drug-likeness (QED) is 0.287. The van der Waals surface area contributed by atoms with Crippen LogP contribution in [0.3, 0.4) is 0 Å². The Bertz CT molecular complexity index is 1480. The molecule has 2 heterocycles. The number of alkyl halides is 3. The minimum absolute atomic E-state index is 0.0501. The molecule has 14 heteroatoms. The van der Waals surface area contributed by atoms with Crippen molar-refractivity contribution in [1.82, 2.24) is 9.21 Å². The van der Waals surface area contributed by atoms with Crippen molar-refractivity contribution >= 4 is 24.2 Å². The molecule has 4 rings (SSSR count). The second-order valence-electron chi connectivity index (χ2n) is 12.2. The van der Waals surface area contributed by atoms with Gasteiger partial charge in [0.05, 0.1) is 37.4 Å². The van der Waals surface area contributed by atoms with Gasteiger partial charge in [0.2, 0.25) is 16.1 Å². The van der Waals surface area contributed by atoms with Crippen LogP contribution in [0.2, 0.25) is 19.6 Å². The maximum atomic E-state index is 13.7. The molecule has 1 atom stereocenters. The Balaban J connectivity index is 1.32. The number of ether oxygens (including phenoxy) is 4. The second-order valence-corrected chi connectivity index (χ2v) is 18.8. The number of nitrogens with zero attached hydrogens (tertiary/aromatic N) is 2. The highest BCUT2D eigenvalue weighted by Crippen LogP contribution is 2.33. The molecule has 0 bridgehead atoms. The van der Waals surface area contributed by atoms with E-state index < -0.39 is 48.7 Å². The van der Waals surface area contributed by atoms with Gasteiger partial charge in [0.15, 0.2) is 0 Å². The van der Waals surface area contributed by atoms with E-state index in [4.69, 9.17) is 18.9 Å². The van der Waals surface area contributed by atoms with Gasteiger partial charge in [-0.25, -0.2) is 13.2 Å². The number of sulfonamides is 1. The highest BCUT2D eigenvalue weighted by Gasteiger charge is 2.47. The average Bonchev–Trinajstić information content (AvgIpc) is 2.99. The highest BCUT2D eigenvalue weighted by molar-refractivity contribution is 7.89. The van der Waals surface area contributed by atoms with Crippen molar-refractivity contribution in [2.75, 3.05) is 46.5 Å². The Morgan fingerprint density at radius 1 is 1.04 bits per heavy atom. The molecule has 2 aromatic carbocycles. The number of rotatable bonds is 8. The van der Waals surface area contributed by atoms with Gasteiger partial charge in [-0.15, -0.1) is 5.54 Å². The smallest absolute Gasteiger partial charge is 0.427 e. The van der Waals surface area contributed by atoms with Crippen LogP contribution in [0.1, 0.15) is 24.0 Å². The van der Waals surface area contributed by atoms with E-state index >= 15 is 0 Å². The molecule has 0 aromatic heterocycles. The minimum Gasteiger partial charge on any atom is -0.497 e. The lowest BCUT2D eigenvalue weighted by Crippen LogP contribution is -2.58. The summed E-state index contributed by atoms with van der Waals surface area (Å²) in [5.41, 5.74) is 3.77. The van der Waals surface area contributed by atoms with E-state index in [2.05, 4.69) is 31.1 Å². The molecule has 2 aliphatic heterocycles. The largest absolute Gasteiger partial charge is 0.497 e. The molecular weight excluding hydrogens is 629 g/mol. The summed E-state index contributed by atoms with van der Waals surface area (Å²) >= 11 is 0. The maximum absolute atomic E-state index is 13.7. The van der Waals surface area contributed by atoms with Gasteiger partial charge in [-0.2, -0.15) is 17.5 Å². The zero-order valence-corrected chi connectivity index (χ0v) is 27.7. The molecule has 2 aliphatic rings. The van der Waals surface area contributed by atoms with E-state index in [-0.39, 0.29) is 57.1 Å². The van der Waals surface area contributed by atoms with Crippen molar-refractivity contribution in [3.8, 4) is 17.2 Å². The number of benzene rings is 2. The van der Waals surface area contributed by atoms with Crippen LogP contribution in [-0.4, -0.2) is 96.2 Å². The van der Waals surface area contributed by atoms with Crippen LogP contribution in [0.15, 0.2) is 53.4 Å². The second kappa shape index (κ2) is 14.1. The van der Waals surface area contributed by atoms with Crippen LogP contribution < -0.4 is 4.74 Å². The molecule has 9 nitrogen and oxygen atoms in total. The van der Waals surface area contributed by atoms with Crippen molar-refractivity contribution in [3.05, 3.63) is 59.7 Å². The molecule has 0 saturated carbocycles. The van der Waals surface area contributed by atoms with Gasteiger partial charge in [0, 0.05) is 31.7 Å². The van der Waals surface area contributed by atoms with Gasteiger partial charge in [-0.05, 0) is 54.8 Å². The number of likely N-dealkylation sites (tertiary alicyclic amines) is 1. The number of piperidine rings is 1. The summed E-state index contributed by atoms with van der Waals surface area (Å²) in [5.74, 6) is 3.71. The zero-order chi connectivity index (χ0) is 32.9. The average molecular weight is 669 g/mol. The fourth-order valence-electron chi connectivity index (χ4n) is 4.93. The van der Waals surface area contributed by atoms with Crippen molar-refractivity contribution in [2.45, 2.75) is 61.9 Å². The summed E-state index contributed by atoms with van der Waals surface area (Å²) in [6, 6.07) is 13.1. The minimum atomic E-state index is -4.83. The number of amides is 1. The summed E-state index contributed by atoms with van der Waals surface area (Å²) in [4.78, 5) is 14.1. The number of methoxy groups -OCH3 is 1. The Kier molecular flexibility index (Phi) is 10.9. The monoisotopic (exact) mass is 668 g/mol. The maximum Gasteiger partial charge on any atom is 0.427 e. The van der Waals surface area contributed by atoms with E-state index in [0.717, 1.165) is 5.56 Å². The molecule has 246 valence electrons. The van der Waals surface area contributed by atoms with Gasteiger partial charge in [0.25, 0.3) is 0 Å². The third-order valence-electron chi connectivity index (χ3n) is 7.53. The highest BCUT2D eigenvalue weighted by atomic mass is 32.2. The first-order chi connectivity index (χ1) is 21.1. The van der Waals surface area contributed by atoms with Gasteiger partial charge in [0.1, 0.15) is 13.8 Å². The number of carbonyl (C=O) groups is 1. The van der Waals surface area contributed by atoms with Crippen LogP contribution in [0.25, 0.3) is 0 Å². The van der Waals surface area contributed by atoms with Crippen molar-refractivity contribution in [2.24, 2.45) is 0 Å². The fraction of sp³-hybridized carbons (Fsp3) is 0.516. The predicted octanol–water partition coefficient (Wildman–Crippen LogP) is 5.06. The first-order valence-electron chi connectivity index (χ1n) is 14.6. The van der Waals surface area contributed by atoms with Gasteiger partial charge in [-0.3, -0.25) is 0 Å². The van der Waals surface area contributed by atoms with E-state index in [1.807, 2.05) is 0 Å². The zero-order valence-electron chi connectivity index (χ0n) is 25.9. The van der Waals surface area contributed by atoms with Crippen molar-refractivity contribution < 1.29 is 45.3 Å². The number of hydrogen-bond acceptors (Lipinski definition) is 7. The van der Waals surface area contributed by atoms with E-state index in [0.29, 0.717) is 11.3 Å². The molecular formula is C31H39F3N2O7SSi. The molecule has 1 spiro atoms. The van der Waals surface area contributed by atoms with Crippen LogP contribution in [0.4, 0.5) is 18.0 Å². The van der Waals surface area contributed by atoms with Crippen LogP contribution in [0.5, 0.6) is 5.75 Å². The summed E-state index contributed by atoms with van der Waals surface area (Å²) in [5, 5.41) is 0. The normalized spacial score (nSPS) is 18.2. The Morgan fingerprint density at radius 3 is 2.27 bits per heavy atom. The molecule has 2 aromatic rings. The summed E-state index contributed by atoms with van der Waals surface area (Å²) in [6.45, 7) is 5.91. The van der Waals surface area contributed by atoms with E-state index in [9.17, 15) is 26.4 Å². The lowest BCUT2D eigenvalue weighted by Gasteiger charge is -2.46. The summed E-state index contributed by atoms with van der Waals surface area (Å²) in [6.07, 6.45) is -7.91. The molecule has 45 heavy (non-hydrogen) atoms. The predicted molar refractivity (Wildman–Crippen MR) is 164 cm³/mol. The molecule has 0 N–H and O–H groups in total. The summed E-state index contributed by atoms with van der Waals surface area (Å²) in [7, 11) is -3.91. The number of halogens is 3. The summed E-state index contributed by atoms with van der Waals surface area (Å²) < 4.78 is 90.5. The third-order valence-corrected chi connectivity index (χ3v) is 10.3. The Labute approximate surface area is 263 Å². The number of morpholine rings is 1. The van der Waals surface area contributed by atoms with Gasteiger partial charge < -0.3 is 23.8 Å². The van der Waals surface area contributed by atoms with Crippen LogP contribution in [-0.2, 0) is 30.8 Å². The van der Waals surface area contributed by atoms with Crippen LogP contribution >= 0.6 is 0 Å². The number of carbonyl (C=O) groups excluding carboxylic acids is 1. The molecule has 0 aliphatic carbocycles. The lowest BCUT2D eigenvalue weighted by atomic mass is 9.90. The standard InChI is InChI=1S/C31H39F3N2O7SSi/c1-40-26-9-5-25(6-10-26)21-41-22-28(31(32,33)34)43-29(37)35-16-14-30(15-17-35)23-36(18-19-42-30)44(38,39)27-11-7-24(8-12-27)13-20-45(2,3)4/h5-12,28H,14-19,21-23H2,1-4H3. The first kappa shape index (κ1) is 34.8. The Morgan fingerprint density at radius 2 is 1.69 bits per heavy atom. The van der Waals surface area contributed by atoms with Crippen molar-refractivity contribution in [1.29, 1.82) is 0 Å². The van der Waals surface area contributed by atoms with Gasteiger partial charge >= 0.3 is 12.3 Å². The van der Waals surface area contributed by atoms with E-state index in [1.54, 1.807) is 48.5 Å². The number of hydrogen-bond donors (Lipinski definition) is 0. The fourth-order valence-corrected chi connectivity index (χ4v) is 6.95. The van der Waals surface area contributed by atoms with Crippen LogP contribution in [0, 0.1) is 11.5 Å². The molecule has 1 unspecified atom stereocenters. The SMILES string of the molecule is COc1ccc(COCC(OC(=O)N2CCC3(CC2)CN(S(=O)(=O)c2ccc(C#C[Si](C)(C)C)cc2)CCO3)C(F)(F)F)cc1. The molecule has 0 radical (unpaired) electrons. The third kappa shape index (κ3) is 9.46.